The number of rotatable bonds is 8. The van der Waals surface area contributed by atoms with E-state index >= 15 is 0 Å². The minimum atomic E-state index is -1.95. The fourth-order valence-corrected chi connectivity index (χ4v) is 5.16. The molecule has 1 saturated heterocycles. The normalized spacial score (nSPS) is 19.6. The van der Waals surface area contributed by atoms with Crippen molar-refractivity contribution in [1.82, 2.24) is 4.90 Å². The van der Waals surface area contributed by atoms with Crippen molar-refractivity contribution in [3.8, 4) is 11.5 Å². The fraction of sp³-hybridized carbons (Fsp3) is 0.310. The molecule has 2 heterocycles. The van der Waals surface area contributed by atoms with Crippen LogP contribution in [0.1, 0.15) is 22.3 Å². The number of anilines is 2. The summed E-state index contributed by atoms with van der Waals surface area (Å²) in [4.78, 5) is 33.2. The van der Waals surface area contributed by atoms with Crippen molar-refractivity contribution in [1.29, 1.82) is 0 Å². The zero-order valence-electron chi connectivity index (χ0n) is 21.1. The van der Waals surface area contributed by atoms with Crippen molar-refractivity contribution in [2.45, 2.75) is 12.0 Å². The molecule has 3 aromatic carbocycles. The van der Waals surface area contributed by atoms with Gasteiger partial charge < -0.3 is 19.5 Å². The number of ketones is 1. The van der Waals surface area contributed by atoms with Crippen molar-refractivity contribution in [2.75, 3.05) is 56.9 Å². The highest BCUT2D eigenvalue weighted by molar-refractivity contribution is 6.11. The lowest BCUT2D eigenvalue weighted by Gasteiger charge is -2.38. The lowest BCUT2D eigenvalue weighted by molar-refractivity contribution is -0.136. The number of piperazine rings is 1. The van der Waals surface area contributed by atoms with Crippen molar-refractivity contribution in [2.24, 2.45) is 0 Å². The van der Waals surface area contributed by atoms with Gasteiger partial charge in [-0.25, -0.2) is 0 Å². The van der Waals surface area contributed by atoms with E-state index in [1.54, 1.807) is 35.2 Å². The highest BCUT2D eigenvalue weighted by Gasteiger charge is 2.51. The van der Waals surface area contributed by atoms with Crippen LogP contribution in [0.3, 0.4) is 0 Å². The number of aliphatic hydroxyl groups is 1. The number of Topliss-reactive ketones (excluding diaryl/α,β-unsaturated/α-hetero) is 1. The SMILES string of the molecule is COc1ccc(C(=O)CC2(O)C(=O)N(CN3CCN(c4ccccc4)CC3)c3ccccc32)c(OC)c1. The first-order valence-corrected chi connectivity index (χ1v) is 12.4. The molecule has 192 valence electrons. The molecule has 1 amide bonds. The molecule has 37 heavy (non-hydrogen) atoms. The Hall–Kier alpha value is -3.88. The third kappa shape index (κ3) is 4.65. The quantitative estimate of drug-likeness (QED) is 0.475. The molecule has 1 unspecified atom stereocenters. The number of benzene rings is 3. The first-order valence-electron chi connectivity index (χ1n) is 12.4. The van der Waals surface area contributed by atoms with Gasteiger partial charge in [0.25, 0.3) is 5.91 Å². The molecule has 0 bridgehead atoms. The molecule has 2 aliphatic rings. The first kappa shape index (κ1) is 24.8. The van der Waals surface area contributed by atoms with Crippen LogP contribution < -0.4 is 19.3 Å². The number of nitrogens with zero attached hydrogens (tertiary/aromatic N) is 3. The molecule has 3 aromatic rings. The second kappa shape index (κ2) is 10.2. The van der Waals surface area contributed by atoms with Gasteiger partial charge in [0.2, 0.25) is 0 Å². The maximum atomic E-state index is 13.7. The Labute approximate surface area is 216 Å². The number of hydrogen-bond donors (Lipinski definition) is 1. The maximum absolute atomic E-state index is 13.7. The average Bonchev–Trinajstić information content (AvgIpc) is 3.15. The topological polar surface area (TPSA) is 82.5 Å². The van der Waals surface area contributed by atoms with Crippen LogP contribution >= 0.6 is 0 Å². The molecule has 2 aliphatic heterocycles. The van der Waals surface area contributed by atoms with E-state index in [1.807, 2.05) is 30.3 Å². The van der Waals surface area contributed by atoms with E-state index in [-0.39, 0.29) is 17.8 Å². The highest BCUT2D eigenvalue weighted by Crippen LogP contribution is 2.43. The molecule has 1 fully saturated rings. The van der Waals surface area contributed by atoms with E-state index in [4.69, 9.17) is 9.47 Å². The number of hydrogen-bond acceptors (Lipinski definition) is 7. The molecule has 5 rings (SSSR count). The lowest BCUT2D eigenvalue weighted by atomic mass is 9.88. The molecule has 0 spiro atoms. The van der Waals surface area contributed by atoms with E-state index in [2.05, 4.69) is 21.9 Å². The molecule has 8 heteroatoms. The van der Waals surface area contributed by atoms with Gasteiger partial charge in [0, 0.05) is 43.5 Å². The fourth-order valence-electron chi connectivity index (χ4n) is 5.16. The molecular weight excluding hydrogens is 470 g/mol. The van der Waals surface area contributed by atoms with Gasteiger partial charge in [-0.3, -0.25) is 19.4 Å². The summed E-state index contributed by atoms with van der Waals surface area (Å²) >= 11 is 0. The van der Waals surface area contributed by atoms with E-state index in [0.717, 1.165) is 26.2 Å². The second-order valence-electron chi connectivity index (χ2n) is 9.36. The van der Waals surface area contributed by atoms with Gasteiger partial charge in [0.05, 0.1) is 38.6 Å². The van der Waals surface area contributed by atoms with E-state index < -0.39 is 11.5 Å². The smallest absolute Gasteiger partial charge is 0.265 e. The number of ether oxygens (including phenoxy) is 2. The average molecular weight is 502 g/mol. The summed E-state index contributed by atoms with van der Waals surface area (Å²) in [6, 6.07) is 22.3. The van der Waals surface area contributed by atoms with Gasteiger partial charge in [-0.05, 0) is 30.3 Å². The van der Waals surface area contributed by atoms with E-state index in [9.17, 15) is 14.7 Å². The van der Waals surface area contributed by atoms with Gasteiger partial charge in [0.1, 0.15) is 11.5 Å². The van der Waals surface area contributed by atoms with Crippen LogP contribution in [0, 0.1) is 0 Å². The lowest BCUT2D eigenvalue weighted by Crippen LogP contribution is -2.52. The largest absolute Gasteiger partial charge is 0.497 e. The predicted molar refractivity (Wildman–Crippen MR) is 141 cm³/mol. The first-order chi connectivity index (χ1) is 17.9. The second-order valence-corrected chi connectivity index (χ2v) is 9.36. The van der Waals surface area contributed by atoms with Crippen LogP contribution in [0.25, 0.3) is 0 Å². The van der Waals surface area contributed by atoms with Gasteiger partial charge >= 0.3 is 0 Å². The number of methoxy groups -OCH3 is 2. The van der Waals surface area contributed by atoms with Crippen molar-refractivity contribution >= 4 is 23.1 Å². The number of para-hydroxylation sites is 2. The molecule has 1 atom stereocenters. The molecular formula is C29H31N3O5. The van der Waals surface area contributed by atoms with Crippen molar-refractivity contribution < 1.29 is 24.2 Å². The predicted octanol–water partition coefficient (Wildman–Crippen LogP) is 3.29. The Balaban J connectivity index is 1.34. The zero-order chi connectivity index (χ0) is 26.0. The molecule has 8 nitrogen and oxygen atoms in total. The molecule has 0 radical (unpaired) electrons. The highest BCUT2D eigenvalue weighted by atomic mass is 16.5. The third-order valence-electron chi connectivity index (χ3n) is 7.20. The standard InChI is InChI=1S/C29H31N3O5/c1-36-22-12-13-23(27(18-22)37-2)26(33)19-29(35)24-10-6-7-11-25(24)32(28(29)34)20-30-14-16-31(17-15-30)21-8-4-3-5-9-21/h3-13,18,35H,14-17,19-20H2,1-2H3. The number of carbonyl (C=O) groups is 2. The number of fused-ring (bicyclic) bond motifs is 1. The van der Waals surface area contributed by atoms with Crippen LogP contribution in [0.2, 0.25) is 0 Å². The van der Waals surface area contributed by atoms with Crippen LogP contribution in [0.5, 0.6) is 11.5 Å². The monoisotopic (exact) mass is 501 g/mol. The van der Waals surface area contributed by atoms with Crippen LogP contribution in [0.15, 0.2) is 72.8 Å². The summed E-state index contributed by atoms with van der Waals surface area (Å²) in [5.41, 5.74) is 0.604. The molecule has 0 aliphatic carbocycles. The Morgan fingerprint density at radius 1 is 0.919 bits per heavy atom. The Morgan fingerprint density at radius 3 is 2.32 bits per heavy atom. The molecule has 0 aromatic heterocycles. The summed E-state index contributed by atoms with van der Waals surface area (Å²) in [5, 5.41) is 11.7. The Bertz CT molecular complexity index is 1290. The van der Waals surface area contributed by atoms with E-state index in [1.165, 1.54) is 19.9 Å². The van der Waals surface area contributed by atoms with Gasteiger partial charge in [-0.2, -0.15) is 0 Å². The summed E-state index contributed by atoms with van der Waals surface area (Å²) in [7, 11) is 3.00. The van der Waals surface area contributed by atoms with Gasteiger partial charge in [-0.1, -0.05) is 36.4 Å². The summed E-state index contributed by atoms with van der Waals surface area (Å²) < 4.78 is 10.6. The Morgan fingerprint density at radius 2 is 1.62 bits per heavy atom. The summed E-state index contributed by atoms with van der Waals surface area (Å²) in [6.45, 7) is 3.59. The van der Waals surface area contributed by atoms with Crippen LogP contribution in [0.4, 0.5) is 11.4 Å². The maximum Gasteiger partial charge on any atom is 0.265 e. The van der Waals surface area contributed by atoms with Crippen LogP contribution in [-0.4, -0.2) is 68.8 Å². The minimum absolute atomic E-state index is 0.289. The van der Waals surface area contributed by atoms with Crippen LogP contribution in [-0.2, 0) is 10.4 Å². The molecule has 1 N–H and O–H groups in total. The summed E-state index contributed by atoms with van der Waals surface area (Å²) in [5.74, 6) is 0.0104. The van der Waals surface area contributed by atoms with Gasteiger partial charge in [0.15, 0.2) is 11.4 Å². The minimum Gasteiger partial charge on any atom is -0.497 e. The molecule has 0 saturated carbocycles. The Kier molecular flexibility index (Phi) is 6.86. The van der Waals surface area contributed by atoms with E-state index in [0.29, 0.717) is 29.4 Å². The van der Waals surface area contributed by atoms with Gasteiger partial charge in [-0.15, -0.1) is 0 Å². The van der Waals surface area contributed by atoms with Crippen molar-refractivity contribution in [3.63, 3.8) is 0 Å². The summed E-state index contributed by atoms with van der Waals surface area (Å²) in [6.07, 6.45) is -0.385. The zero-order valence-corrected chi connectivity index (χ0v) is 21.1. The number of carbonyl (C=O) groups excluding carboxylic acids is 2. The van der Waals surface area contributed by atoms with Crippen molar-refractivity contribution in [3.05, 3.63) is 83.9 Å². The number of amides is 1. The third-order valence-corrected chi connectivity index (χ3v) is 7.20.